The fourth-order valence-corrected chi connectivity index (χ4v) is 0.771. The lowest BCUT2D eigenvalue weighted by Crippen LogP contribution is -2.05. The van der Waals surface area contributed by atoms with Crippen LogP contribution >= 0.6 is 0 Å². The van der Waals surface area contributed by atoms with E-state index in [1.165, 1.54) is 6.92 Å². The molecule has 0 fully saturated rings. The number of aromatic nitrogens is 2. The minimum absolute atomic E-state index is 0.218. The lowest BCUT2D eigenvalue weighted by Gasteiger charge is -2.02. The molecular weight excluding hydrogens is 158 g/mol. The number of nitrogens with zero attached hydrogens (tertiary/aromatic N) is 2. The fourth-order valence-electron chi connectivity index (χ4n) is 0.771. The van der Waals surface area contributed by atoms with E-state index in [0.717, 1.165) is 5.69 Å². The van der Waals surface area contributed by atoms with Crippen molar-refractivity contribution in [2.75, 3.05) is 5.73 Å². The van der Waals surface area contributed by atoms with Crippen molar-refractivity contribution < 1.29 is 9.53 Å². The number of imidazole rings is 1. The smallest absolute Gasteiger partial charge is 0.303 e. The first kappa shape index (κ1) is 8.58. The second kappa shape index (κ2) is 3.25. The highest BCUT2D eigenvalue weighted by Gasteiger charge is 2.03. The van der Waals surface area contributed by atoms with E-state index < -0.39 is 0 Å². The van der Waals surface area contributed by atoms with Gasteiger partial charge < -0.3 is 15.0 Å². The van der Waals surface area contributed by atoms with E-state index in [-0.39, 0.29) is 12.6 Å². The zero-order valence-corrected chi connectivity index (χ0v) is 7.07. The van der Waals surface area contributed by atoms with Crippen LogP contribution in [0.5, 0.6) is 0 Å². The Balaban J connectivity index is 2.63. The van der Waals surface area contributed by atoms with Gasteiger partial charge in [-0.1, -0.05) is 0 Å². The molecule has 1 aromatic heterocycles. The molecule has 0 saturated heterocycles. The van der Waals surface area contributed by atoms with Gasteiger partial charge in [0.1, 0.15) is 6.61 Å². The molecule has 5 nitrogen and oxygen atoms in total. The minimum atomic E-state index is -0.310. The monoisotopic (exact) mass is 169 g/mol. The van der Waals surface area contributed by atoms with E-state index in [0.29, 0.717) is 5.95 Å². The zero-order chi connectivity index (χ0) is 9.14. The second-order valence-electron chi connectivity index (χ2n) is 2.45. The van der Waals surface area contributed by atoms with E-state index in [1.54, 1.807) is 17.8 Å². The minimum Gasteiger partial charge on any atom is -0.459 e. The zero-order valence-electron chi connectivity index (χ0n) is 7.07. The number of anilines is 1. The van der Waals surface area contributed by atoms with Gasteiger partial charge in [0, 0.05) is 14.0 Å². The van der Waals surface area contributed by atoms with Gasteiger partial charge in [0.05, 0.1) is 11.9 Å². The van der Waals surface area contributed by atoms with E-state index in [1.807, 2.05) is 0 Å². The van der Waals surface area contributed by atoms with Crippen molar-refractivity contribution in [2.45, 2.75) is 13.5 Å². The van der Waals surface area contributed by atoms with Gasteiger partial charge in [0.15, 0.2) is 5.95 Å². The third-order valence-electron chi connectivity index (χ3n) is 1.54. The van der Waals surface area contributed by atoms with Gasteiger partial charge >= 0.3 is 5.97 Å². The maximum atomic E-state index is 10.5. The molecule has 0 aliphatic carbocycles. The average Bonchev–Trinajstić information content (AvgIpc) is 2.30. The number of nitrogens with two attached hydrogens (primary N) is 1. The third-order valence-corrected chi connectivity index (χ3v) is 1.54. The van der Waals surface area contributed by atoms with E-state index in [4.69, 9.17) is 10.5 Å². The maximum absolute atomic E-state index is 10.5. The molecule has 0 radical (unpaired) electrons. The van der Waals surface area contributed by atoms with Crippen molar-refractivity contribution in [1.82, 2.24) is 9.55 Å². The summed E-state index contributed by atoms with van der Waals surface area (Å²) in [6, 6.07) is 0. The van der Waals surface area contributed by atoms with Gasteiger partial charge in [0.2, 0.25) is 0 Å². The Morgan fingerprint density at radius 2 is 2.50 bits per heavy atom. The molecular formula is C7H11N3O2. The number of carbonyl (C=O) groups is 1. The third kappa shape index (κ3) is 1.75. The van der Waals surface area contributed by atoms with Crippen LogP contribution in [0.25, 0.3) is 0 Å². The molecule has 1 heterocycles. The van der Waals surface area contributed by atoms with Gasteiger partial charge in [-0.05, 0) is 0 Å². The number of nitrogen functional groups attached to an aromatic ring is 1. The van der Waals surface area contributed by atoms with Crippen LogP contribution in [0.3, 0.4) is 0 Å². The number of hydrogen-bond acceptors (Lipinski definition) is 4. The van der Waals surface area contributed by atoms with E-state index in [9.17, 15) is 4.79 Å². The Hall–Kier alpha value is -1.52. The molecule has 12 heavy (non-hydrogen) atoms. The van der Waals surface area contributed by atoms with Gasteiger partial charge in [0.25, 0.3) is 0 Å². The predicted octanol–water partition coefficient (Wildman–Crippen LogP) is 0.0654. The second-order valence-corrected chi connectivity index (χ2v) is 2.45. The van der Waals surface area contributed by atoms with Crippen molar-refractivity contribution in [2.24, 2.45) is 7.05 Å². The average molecular weight is 169 g/mol. The first-order chi connectivity index (χ1) is 5.61. The highest BCUT2D eigenvalue weighted by atomic mass is 16.5. The van der Waals surface area contributed by atoms with Crippen LogP contribution in [-0.2, 0) is 23.2 Å². The molecule has 0 bridgehead atoms. The van der Waals surface area contributed by atoms with E-state index >= 15 is 0 Å². The topological polar surface area (TPSA) is 70.1 Å². The molecule has 0 unspecified atom stereocenters. The SMILES string of the molecule is CC(=O)OCc1cnc(N)n1C. The number of carbonyl (C=O) groups excluding carboxylic acids is 1. The number of ether oxygens (including phenoxy) is 1. The largest absolute Gasteiger partial charge is 0.459 e. The molecule has 66 valence electrons. The molecule has 1 rings (SSSR count). The van der Waals surface area contributed by atoms with Crippen molar-refractivity contribution in [3.05, 3.63) is 11.9 Å². The lowest BCUT2D eigenvalue weighted by atomic mass is 10.5. The molecule has 5 heteroatoms. The highest BCUT2D eigenvalue weighted by molar-refractivity contribution is 5.65. The molecule has 0 amide bonds. The normalized spacial score (nSPS) is 9.83. The molecule has 0 saturated carbocycles. The Morgan fingerprint density at radius 1 is 1.83 bits per heavy atom. The summed E-state index contributed by atoms with van der Waals surface area (Å²) in [4.78, 5) is 14.3. The van der Waals surface area contributed by atoms with E-state index in [2.05, 4.69) is 4.98 Å². The standard InChI is InChI=1S/C7H11N3O2/c1-5(11)12-4-6-3-9-7(8)10(6)2/h3H,4H2,1-2H3,(H2,8,9). The summed E-state index contributed by atoms with van der Waals surface area (Å²) in [7, 11) is 1.77. The van der Waals surface area contributed by atoms with Crippen LogP contribution in [0, 0.1) is 0 Å². The first-order valence-electron chi connectivity index (χ1n) is 3.50. The summed E-state index contributed by atoms with van der Waals surface area (Å²) < 4.78 is 6.44. The van der Waals surface area contributed by atoms with Crippen molar-refractivity contribution in [3.8, 4) is 0 Å². The van der Waals surface area contributed by atoms with Crippen LogP contribution in [0.2, 0.25) is 0 Å². The Bertz CT molecular complexity index is 293. The van der Waals surface area contributed by atoms with Crippen molar-refractivity contribution in [3.63, 3.8) is 0 Å². The van der Waals surface area contributed by atoms with Crippen LogP contribution in [0.1, 0.15) is 12.6 Å². The summed E-state index contributed by atoms with van der Waals surface area (Å²) in [5, 5.41) is 0. The molecule has 0 aliphatic heterocycles. The Kier molecular flexibility index (Phi) is 2.32. The molecule has 0 spiro atoms. The summed E-state index contributed by atoms with van der Waals surface area (Å²) in [5.74, 6) is 0.104. The molecule has 1 aromatic rings. The van der Waals surface area contributed by atoms with Gasteiger partial charge in [-0.3, -0.25) is 4.79 Å². The predicted molar refractivity (Wildman–Crippen MR) is 43.1 cm³/mol. The summed E-state index contributed by atoms with van der Waals surface area (Å²) in [5.41, 5.74) is 6.24. The van der Waals surface area contributed by atoms with Gasteiger partial charge in [-0.15, -0.1) is 0 Å². The fraction of sp³-hybridized carbons (Fsp3) is 0.429. The molecule has 2 N–H and O–H groups in total. The number of esters is 1. The lowest BCUT2D eigenvalue weighted by molar-refractivity contribution is -0.142. The summed E-state index contributed by atoms with van der Waals surface area (Å²) in [6.45, 7) is 1.58. The highest BCUT2D eigenvalue weighted by Crippen LogP contribution is 2.05. The molecule has 0 atom stereocenters. The van der Waals surface area contributed by atoms with Crippen LogP contribution in [0.15, 0.2) is 6.20 Å². The Morgan fingerprint density at radius 3 is 2.92 bits per heavy atom. The first-order valence-corrected chi connectivity index (χ1v) is 3.50. The Labute approximate surface area is 70.1 Å². The van der Waals surface area contributed by atoms with Crippen molar-refractivity contribution >= 4 is 11.9 Å². The van der Waals surface area contributed by atoms with Gasteiger partial charge in [-0.25, -0.2) is 4.98 Å². The van der Waals surface area contributed by atoms with Crippen LogP contribution in [-0.4, -0.2) is 15.5 Å². The number of hydrogen-bond donors (Lipinski definition) is 1. The van der Waals surface area contributed by atoms with Crippen LogP contribution < -0.4 is 5.73 Å². The maximum Gasteiger partial charge on any atom is 0.303 e. The van der Waals surface area contributed by atoms with Gasteiger partial charge in [-0.2, -0.15) is 0 Å². The molecule has 0 aromatic carbocycles. The molecule has 0 aliphatic rings. The summed E-state index contributed by atoms with van der Waals surface area (Å²) >= 11 is 0. The van der Waals surface area contributed by atoms with Crippen LogP contribution in [0.4, 0.5) is 5.95 Å². The summed E-state index contributed by atoms with van der Waals surface area (Å²) in [6.07, 6.45) is 1.58. The quantitative estimate of drug-likeness (QED) is 0.636. The number of rotatable bonds is 2. The van der Waals surface area contributed by atoms with Crippen molar-refractivity contribution in [1.29, 1.82) is 0 Å².